The van der Waals surface area contributed by atoms with Gasteiger partial charge in [-0.25, -0.2) is 8.78 Å². The van der Waals surface area contributed by atoms with E-state index in [0.29, 0.717) is 23.8 Å². The molecule has 2 rings (SSSR count). The van der Waals surface area contributed by atoms with E-state index in [1.807, 2.05) is 0 Å². The zero-order valence-electron chi connectivity index (χ0n) is 11.7. The standard InChI is InChI=1S/C16H23F2N/c1-10(2)11-3-6-16(19)13(7-11)8-12-9-14(17)4-5-15(12)18/h4-5,9-11,13,16H,3,6-8,19H2,1-2H3. The van der Waals surface area contributed by atoms with Crippen molar-refractivity contribution in [2.75, 3.05) is 0 Å². The van der Waals surface area contributed by atoms with Crippen LogP contribution in [0.5, 0.6) is 0 Å². The monoisotopic (exact) mass is 267 g/mol. The van der Waals surface area contributed by atoms with E-state index in [9.17, 15) is 8.78 Å². The minimum atomic E-state index is -0.374. The van der Waals surface area contributed by atoms with Gasteiger partial charge in [-0.1, -0.05) is 13.8 Å². The molecule has 0 aliphatic heterocycles. The normalized spacial score (nSPS) is 27.8. The molecule has 1 aromatic rings. The third-order valence-corrected chi connectivity index (χ3v) is 4.51. The Bertz CT molecular complexity index is 431. The van der Waals surface area contributed by atoms with E-state index in [0.717, 1.165) is 25.3 Å². The lowest BCUT2D eigenvalue weighted by molar-refractivity contribution is 0.188. The van der Waals surface area contributed by atoms with Crippen LogP contribution in [0, 0.1) is 29.4 Å². The lowest BCUT2D eigenvalue weighted by Crippen LogP contribution is -2.38. The van der Waals surface area contributed by atoms with Crippen LogP contribution in [0.25, 0.3) is 0 Å². The summed E-state index contributed by atoms with van der Waals surface area (Å²) >= 11 is 0. The average Bonchev–Trinajstić information content (AvgIpc) is 2.36. The van der Waals surface area contributed by atoms with Crippen LogP contribution in [0.4, 0.5) is 8.78 Å². The molecule has 3 unspecified atom stereocenters. The highest BCUT2D eigenvalue weighted by molar-refractivity contribution is 5.19. The maximum absolute atomic E-state index is 13.7. The number of rotatable bonds is 3. The summed E-state index contributed by atoms with van der Waals surface area (Å²) in [6.45, 7) is 4.45. The van der Waals surface area contributed by atoms with Crippen molar-refractivity contribution in [3.05, 3.63) is 35.4 Å². The fourth-order valence-electron chi connectivity index (χ4n) is 3.15. The summed E-state index contributed by atoms with van der Waals surface area (Å²) in [7, 11) is 0. The second-order valence-electron chi connectivity index (χ2n) is 6.18. The van der Waals surface area contributed by atoms with Crippen LogP contribution in [0.1, 0.15) is 38.7 Å². The fourth-order valence-corrected chi connectivity index (χ4v) is 3.15. The number of nitrogens with two attached hydrogens (primary N) is 1. The molecule has 0 aromatic heterocycles. The van der Waals surface area contributed by atoms with Gasteiger partial charge in [0.05, 0.1) is 0 Å². The number of hydrogen-bond acceptors (Lipinski definition) is 1. The van der Waals surface area contributed by atoms with Gasteiger partial charge in [0.15, 0.2) is 0 Å². The summed E-state index contributed by atoms with van der Waals surface area (Å²) < 4.78 is 26.9. The van der Waals surface area contributed by atoms with Crippen LogP contribution >= 0.6 is 0 Å². The first-order valence-electron chi connectivity index (χ1n) is 7.17. The first-order valence-corrected chi connectivity index (χ1v) is 7.17. The Morgan fingerprint density at radius 3 is 2.68 bits per heavy atom. The zero-order valence-corrected chi connectivity index (χ0v) is 11.7. The SMILES string of the molecule is CC(C)C1CCC(N)C(Cc2cc(F)ccc2F)C1. The molecule has 19 heavy (non-hydrogen) atoms. The van der Waals surface area contributed by atoms with Gasteiger partial charge in [-0.15, -0.1) is 0 Å². The van der Waals surface area contributed by atoms with E-state index < -0.39 is 0 Å². The van der Waals surface area contributed by atoms with E-state index >= 15 is 0 Å². The predicted molar refractivity (Wildman–Crippen MR) is 73.7 cm³/mol. The molecule has 1 fully saturated rings. The fraction of sp³-hybridized carbons (Fsp3) is 0.625. The van der Waals surface area contributed by atoms with Gasteiger partial charge in [0.2, 0.25) is 0 Å². The molecular weight excluding hydrogens is 244 g/mol. The van der Waals surface area contributed by atoms with Crippen LogP contribution in [0.2, 0.25) is 0 Å². The summed E-state index contributed by atoms with van der Waals surface area (Å²) in [4.78, 5) is 0. The molecule has 0 radical (unpaired) electrons. The predicted octanol–water partition coefficient (Wildman–Crippen LogP) is 3.91. The van der Waals surface area contributed by atoms with Crippen LogP contribution in [0.3, 0.4) is 0 Å². The second-order valence-corrected chi connectivity index (χ2v) is 6.18. The van der Waals surface area contributed by atoms with E-state index in [1.54, 1.807) is 0 Å². The van der Waals surface area contributed by atoms with Gasteiger partial charge in [-0.3, -0.25) is 0 Å². The van der Waals surface area contributed by atoms with Gasteiger partial charge in [-0.05, 0) is 67.2 Å². The number of hydrogen-bond donors (Lipinski definition) is 1. The highest BCUT2D eigenvalue weighted by Crippen LogP contribution is 2.35. The third-order valence-electron chi connectivity index (χ3n) is 4.51. The largest absolute Gasteiger partial charge is 0.327 e. The number of halogens is 2. The molecule has 3 heteroatoms. The first-order chi connectivity index (χ1) is 8.97. The van der Waals surface area contributed by atoms with Crippen molar-refractivity contribution in [1.29, 1.82) is 0 Å². The van der Waals surface area contributed by atoms with Crippen molar-refractivity contribution in [3.63, 3.8) is 0 Å². The summed E-state index contributed by atoms with van der Waals surface area (Å²) in [5.41, 5.74) is 6.62. The Balaban J connectivity index is 2.09. The lowest BCUT2D eigenvalue weighted by atomic mass is 9.72. The summed E-state index contributed by atoms with van der Waals surface area (Å²) in [5, 5.41) is 0. The van der Waals surface area contributed by atoms with Crippen LogP contribution < -0.4 is 5.73 Å². The zero-order chi connectivity index (χ0) is 14.0. The minimum absolute atomic E-state index is 0.109. The van der Waals surface area contributed by atoms with E-state index in [4.69, 9.17) is 5.73 Å². The molecular formula is C16H23F2N. The molecule has 0 saturated heterocycles. The van der Waals surface area contributed by atoms with Crippen molar-refractivity contribution in [1.82, 2.24) is 0 Å². The van der Waals surface area contributed by atoms with Crippen molar-refractivity contribution in [2.24, 2.45) is 23.5 Å². The Labute approximate surface area is 114 Å². The molecule has 0 bridgehead atoms. The van der Waals surface area contributed by atoms with E-state index in [2.05, 4.69) is 13.8 Å². The maximum Gasteiger partial charge on any atom is 0.126 e. The summed E-state index contributed by atoms with van der Waals surface area (Å²) in [5.74, 6) is 0.854. The molecule has 0 spiro atoms. The van der Waals surface area contributed by atoms with Gasteiger partial charge < -0.3 is 5.73 Å². The van der Waals surface area contributed by atoms with Gasteiger partial charge in [0.25, 0.3) is 0 Å². The highest BCUT2D eigenvalue weighted by atomic mass is 19.1. The van der Waals surface area contributed by atoms with Crippen LogP contribution in [-0.2, 0) is 6.42 Å². The van der Waals surface area contributed by atoms with Gasteiger partial charge in [-0.2, -0.15) is 0 Å². The molecule has 0 amide bonds. The van der Waals surface area contributed by atoms with E-state index in [-0.39, 0.29) is 23.6 Å². The lowest BCUT2D eigenvalue weighted by Gasteiger charge is -2.36. The van der Waals surface area contributed by atoms with Crippen molar-refractivity contribution in [2.45, 2.75) is 45.6 Å². The quantitative estimate of drug-likeness (QED) is 0.883. The third kappa shape index (κ3) is 3.53. The summed E-state index contributed by atoms with van der Waals surface area (Å²) in [6, 6.07) is 3.79. The van der Waals surface area contributed by atoms with Crippen LogP contribution in [-0.4, -0.2) is 6.04 Å². The molecule has 1 aliphatic carbocycles. The molecule has 1 nitrogen and oxygen atoms in total. The topological polar surface area (TPSA) is 26.0 Å². The summed E-state index contributed by atoms with van der Waals surface area (Å²) in [6.07, 6.45) is 3.72. The van der Waals surface area contributed by atoms with Crippen molar-refractivity contribution in [3.8, 4) is 0 Å². The first kappa shape index (κ1) is 14.4. The Kier molecular flexibility index (Phi) is 4.56. The van der Waals surface area contributed by atoms with Crippen molar-refractivity contribution >= 4 is 0 Å². The molecule has 106 valence electrons. The Morgan fingerprint density at radius 1 is 1.26 bits per heavy atom. The average molecular weight is 267 g/mol. The van der Waals surface area contributed by atoms with Gasteiger partial charge >= 0.3 is 0 Å². The molecule has 1 saturated carbocycles. The van der Waals surface area contributed by atoms with Crippen molar-refractivity contribution < 1.29 is 8.78 Å². The molecule has 1 aliphatic rings. The van der Waals surface area contributed by atoms with Gasteiger partial charge in [0.1, 0.15) is 11.6 Å². The van der Waals surface area contributed by atoms with E-state index in [1.165, 1.54) is 12.1 Å². The Hall–Kier alpha value is -0.960. The van der Waals surface area contributed by atoms with Crippen LogP contribution in [0.15, 0.2) is 18.2 Å². The smallest absolute Gasteiger partial charge is 0.126 e. The maximum atomic E-state index is 13.7. The highest BCUT2D eigenvalue weighted by Gasteiger charge is 2.30. The minimum Gasteiger partial charge on any atom is -0.327 e. The molecule has 3 atom stereocenters. The molecule has 2 N–H and O–H groups in total. The molecule has 1 aromatic carbocycles. The van der Waals surface area contributed by atoms with Gasteiger partial charge in [0, 0.05) is 6.04 Å². The number of benzene rings is 1. The Morgan fingerprint density at radius 2 is 2.00 bits per heavy atom. The molecule has 0 heterocycles. The second kappa shape index (κ2) is 6.00.